The van der Waals surface area contributed by atoms with Crippen molar-refractivity contribution in [1.82, 2.24) is 5.32 Å². The molecule has 1 fully saturated rings. The van der Waals surface area contributed by atoms with Crippen molar-refractivity contribution in [2.24, 2.45) is 0 Å². The molecule has 1 aromatic heterocycles. The summed E-state index contributed by atoms with van der Waals surface area (Å²) in [6.45, 7) is 0. The summed E-state index contributed by atoms with van der Waals surface area (Å²) in [4.78, 5) is 25.9. The Balaban J connectivity index is 1.93. The first-order valence-corrected chi connectivity index (χ1v) is 7.72. The van der Waals surface area contributed by atoms with E-state index in [1.807, 2.05) is 0 Å². The van der Waals surface area contributed by atoms with Gasteiger partial charge in [0.25, 0.3) is 11.8 Å². The molecule has 1 aliphatic rings. The molecule has 120 valence electrons. The Labute approximate surface area is 148 Å². The first-order chi connectivity index (χ1) is 11.6. The number of hydrogen-bond acceptors (Lipinski definition) is 4. The maximum absolute atomic E-state index is 12.7. The lowest BCUT2D eigenvalue weighted by Gasteiger charge is -2.29. The summed E-state index contributed by atoms with van der Waals surface area (Å²) in [7, 11) is 0. The monoisotopic (exact) mass is 358 g/mol. The highest BCUT2D eigenvalue weighted by atomic mass is 35.5. The smallest absolute Gasteiger partial charge is 0.270 e. The van der Waals surface area contributed by atoms with Crippen LogP contribution in [0.1, 0.15) is 5.76 Å². The summed E-state index contributed by atoms with van der Waals surface area (Å²) in [6.07, 6.45) is 6.14. The molecular formula is C17H11ClN2O3S. The average Bonchev–Trinajstić information content (AvgIpc) is 3.05. The number of benzene rings is 1. The van der Waals surface area contributed by atoms with Crippen molar-refractivity contribution in [3.05, 3.63) is 71.2 Å². The van der Waals surface area contributed by atoms with Gasteiger partial charge in [0.05, 0.1) is 17.0 Å². The number of rotatable bonds is 3. The second-order valence-electron chi connectivity index (χ2n) is 4.81. The number of amides is 2. The number of allylic oxidation sites excluding steroid dienone is 2. The number of anilines is 1. The number of nitrogens with zero attached hydrogens (tertiary/aromatic N) is 1. The third-order valence-corrected chi connectivity index (χ3v) is 3.87. The molecule has 0 radical (unpaired) electrons. The van der Waals surface area contributed by atoms with E-state index in [0.29, 0.717) is 16.5 Å². The minimum Gasteiger partial charge on any atom is -0.465 e. The molecule has 2 aromatic rings. The highest BCUT2D eigenvalue weighted by molar-refractivity contribution is 7.80. The zero-order valence-electron chi connectivity index (χ0n) is 12.2. The van der Waals surface area contributed by atoms with Crippen LogP contribution in [0.15, 0.2) is 64.8 Å². The summed E-state index contributed by atoms with van der Waals surface area (Å²) >= 11 is 11.2. The summed E-state index contributed by atoms with van der Waals surface area (Å²) in [5.74, 6) is -0.493. The maximum Gasteiger partial charge on any atom is 0.270 e. The van der Waals surface area contributed by atoms with Gasteiger partial charge in [0.15, 0.2) is 5.11 Å². The lowest BCUT2D eigenvalue weighted by molar-refractivity contribution is -0.122. The number of para-hydroxylation sites is 1. The minimum atomic E-state index is -0.558. The van der Waals surface area contributed by atoms with Crippen LogP contribution in [0.3, 0.4) is 0 Å². The number of furan rings is 1. The van der Waals surface area contributed by atoms with Crippen molar-refractivity contribution in [1.29, 1.82) is 0 Å². The van der Waals surface area contributed by atoms with E-state index in [1.165, 1.54) is 17.2 Å². The number of nitrogens with one attached hydrogen (secondary N) is 1. The van der Waals surface area contributed by atoms with Gasteiger partial charge < -0.3 is 4.42 Å². The van der Waals surface area contributed by atoms with Crippen molar-refractivity contribution in [3.8, 4) is 0 Å². The van der Waals surface area contributed by atoms with Gasteiger partial charge in [-0.15, -0.1) is 0 Å². The molecule has 1 aliphatic heterocycles. The molecule has 1 N–H and O–H groups in total. The summed E-state index contributed by atoms with van der Waals surface area (Å²) in [5.41, 5.74) is 0.362. The molecule has 3 rings (SSSR count). The Morgan fingerprint density at radius 2 is 1.96 bits per heavy atom. The molecule has 0 bridgehead atoms. The fraction of sp³-hybridized carbons (Fsp3) is 0. The van der Waals surface area contributed by atoms with Crippen LogP contribution in [0.2, 0.25) is 5.02 Å². The van der Waals surface area contributed by atoms with Crippen LogP contribution >= 0.6 is 23.8 Å². The molecule has 1 aromatic carbocycles. The molecule has 0 aliphatic carbocycles. The van der Waals surface area contributed by atoms with Gasteiger partial charge in [0.2, 0.25) is 0 Å². The van der Waals surface area contributed by atoms with E-state index in [4.69, 9.17) is 28.2 Å². The lowest BCUT2D eigenvalue weighted by atomic mass is 10.1. The molecule has 7 heteroatoms. The van der Waals surface area contributed by atoms with Crippen LogP contribution in [0.25, 0.3) is 6.08 Å². The topological polar surface area (TPSA) is 62.6 Å². The number of carbonyl (C=O) groups excluding carboxylic acids is 2. The maximum atomic E-state index is 12.7. The predicted octanol–water partition coefficient (Wildman–Crippen LogP) is 3.32. The van der Waals surface area contributed by atoms with Crippen LogP contribution < -0.4 is 10.2 Å². The number of halogens is 1. The first-order valence-electron chi connectivity index (χ1n) is 6.94. The number of carbonyl (C=O) groups is 2. The second kappa shape index (κ2) is 6.82. The Kier molecular flexibility index (Phi) is 4.59. The first kappa shape index (κ1) is 16.2. The third kappa shape index (κ3) is 3.15. The van der Waals surface area contributed by atoms with Crippen LogP contribution in [0.5, 0.6) is 0 Å². The van der Waals surface area contributed by atoms with Crippen molar-refractivity contribution in [2.45, 2.75) is 0 Å². The Morgan fingerprint density at radius 1 is 1.17 bits per heavy atom. The molecule has 24 heavy (non-hydrogen) atoms. The average molecular weight is 359 g/mol. The van der Waals surface area contributed by atoms with Crippen molar-refractivity contribution in [3.63, 3.8) is 0 Å². The van der Waals surface area contributed by atoms with E-state index in [0.717, 1.165) is 0 Å². The number of hydrogen-bond donors (Lipinski definition) is 1. The lowest BCUT2D eigenvalue weighted by Crippen LogP contribution is -2.54. The van der Waals surface area contributed by atoms with E-state index in [-0.39, 0.29) is 10.7 Å². The molecule has 0 spiro atoms. The molecule has 0 atom stereocenters. The minimum absolute atomic E-state index is 0.00901. The van der Waals surface area contributed by atoms with E-state index >= 15 is 0 Å². The third-order valence-electron chi connectivity index (χ3n) is 3.26. The highest BCUT2D eigenvalue weighted by Crippen LogP contribution is 2.28. The van der Waals surface area contributed by atoms with E-state index in [2.05, 4.69) is 5.32 Å². The molecule has 0 unspecified atom stereocenters. The fourth-order valence-corrected chi connectivity index (χ4v) is 2.65. The molecule has 1 saturated heterocycles. The van der Waals surface area contributed by atoms with Crippen molar-refractivity contribution in [2.75, 3.05) is 4.90 Å². The Morgan fingerprint density at radius 3 is 2.67 bits per heavy atom. The van der Waals surface area contributed by atoms with Gasteiger partial charge in [-0.1, -0.05) is 29.8 Å². The molecule has 2 amide bonds. The van der Waals surface area contributed by atoms with Gasteiger partial charge in [-0.05, 0) is 48.6 Å². The van der Waals surface area contributed by atoms with Gasteiger partial charge in [0, 0.05) is 0 Å². The Bertz CT molecular complexity index is 872. The van der Waals surface area contributed by atoms with Gasteiger partial charge >= 0.3 is 0 Å². The van der Waals surface area contributed by atoms with E-state index in [1.54, 1.807) is 48.6 Å². The SMILES string of the molecule is O=C1NC(=S)N(c2ccccc2Cl)C(=O)/C1=C/C=C/c1ccco1. The summed E-state index contributed by atoms with van der Waals surface area (Å²) in [5, 5.41) is 2.84. The standard InChI is InChI=1S/C17H11ClN2O3S/c18-13-8-1-2-9-14(13)20-16(22)12(15(21)19-17(20)24)7-3-5-11-6-4-10-23-11/h1-10H,(H,19,21,24)/b5-3+,12-7+. The molecule has 2 heterocycles. The van der Waals surface area contributed by atoms with Crippen molar-refractivity contribution < 1.29 is 14.0 Å². The fourth-order valence-electron chi connectivity index (χ4n) is 2.15. The van der Waals surface area contributed by atoms with Crippen LogP contribution in [0, 0.1) is 0 Å². The second-order valence-corrected chi connectivity index (χ2v) is 5.60. The van der Waals surface area contributed by atoms with E-state index < -0.39 is 11.8 Å². The van der Waals surface area contributed by atoms with Gasteiger partial charge in [-0.2, -0.15) is 0 Å². The molecule has 0 saturated carbocycles. The van der Waals surface area contributed by atoms with E-state index in [9.17, 15) is 9.59 Å². The zero-order valence-corrected chi connectivity index (χ0v) is 13.8. The summed E-state index contributed by atoms with van der Waals surface area (Å²) < 4.78 is 5.15. The van der Waals surface area contributed by atoms with Gasteiger partial charge in [-0.3, -0.25) is 19.8 Å². The van der Waals surface area contributed by atoms with Crippen LogP contribution in [0.4, 0.5) is 5.69 Å². The summed E-state index contributed by atoms with van der Waals surface area (Å²) in [6, 6.07) is 10.3. The molecule has 5 nitrogen and oxygen atoms in total. The number of thiocarbonyl (C=S) groups is 1. The van der Waals surface area contributed by atoms with Crippen molar-refractivity contribution >= 4 is 52.5 Å². The van der Waals surface area contributed by atoms with Gasteiger partial charge in [-0.25, -0.2) is 0 Å². The van der Waals surface area contributed by atoms with Crippen LogP contribution in [-0.4, -0.2) is 16.9 Å². The van der Waals surface area contributed by atoms with Crippen LogP contribution in [-0.2, 0) is 9.59 Å². The highest BCUT2D eigenvalue weighted by Gasteiger charge is 2.34. The predicted molar refractivity (Wildman–Crippen MR) is 95.5 cm³/mol. The Hall–Kier alpha value is -2.70. The zero-order chi connectivity index (χ0) is 17.1. The molecular weight excluding hydrogens is 348 g/mol. The van der Waals surface area contributed by atoms with Gasteiger partial charge in [0.1, 0.15) is 11.3 Å². The largest absolute Gasteiger partial charge is 0.465 e. The quantitative estimate of drug-likeness (QED) is 0.519. The normalized spacial score (nSPS) is 17.0.